The molecule has 28 heavy (non-hydrogen) atoms. The van der Waals surface area contributed by atoms with Gasteiger partial charge in [0, 0.05) is 10.4 Å². The van der Waals surface area contributed by atoms with E-state index < -0.39 is 0 Å². The number of hydrogen-bond donors (Lipinski definition) is 0. The van der Waals surface area contributed by atoms with Crippen LogP contribution in [0.4, 0.5) is 0 Å². The lowest BCUT2D eigenvalue weighted by molar-refractivity contribution is 1.50. The zero-order chi connectivity index (χ0) is 19.7. The third kappa shape index (κ3) is 3.11. The van der Waals surface area contributed by atoms with E-state index in [0.717, 1.165) is 26.8 Å². The van der Waals surface area contributed by atoms with E-state index in [1.807, 2.05) is 59.9 Å². The van der Waals surface area contributed by atoms with Crippen LogP contribution in [0.15, 0.2) is 57.0 Å². The molecule has 0 radical (unpaired) electrons. The molecule has 0 atom stereocenters. The molecule has 3 aromatic carbocycles. The van der Waals surface area contributed by atoms with Crippen molar-refractivity contribution in [1.82, 2.24) is 0 Å². The number of fused-ring (bicyclic) bond motifs is 2. The van der Waals surface area contributed by atoms with Crippen molar-refractivity contribution in [1.29, 1.82) is 10.5 Å². The van der Waals surface area contributed by atoms with Crippen LogP contribution in [0.3, 0.4) is 0 Å². The van der Waals surface area contributed by atoms with Gasteiger partial charge in [-0.15, -0.1) is 23.5 Å². The second-order valence-corrected chi connectivity index (χ2v) is 10.4. The van der Waals surface area contributed by atoms with Crippen LogP contribution >= 0.6 is 47.0 Å². The lowest BCUT2D eigenvalue weighted by Crippen LogP contribution is -2.17. The lowest BCUT2D eigenvalue weighted by atomic mass is 9.96. The minimum atomic E-state index is 0.156. The van der Waals surface area contributed by atoms with Gasteiger partial charge >= 0.3 is 0 Å². The van der Waals surface area contributed by atoms with Gasteiger partial charge in [0.2, 0.25) is 0 Å². The standard InChI is InChI=1S/C22H14N2S4/c1-25-21-22(26-2)28-20(27-21)19-16-9-5-3-7-14(16)18(13(11-23)12-24)15-8-4-6-10-17(15)19/h3-10H,1-2H3. The van der Waals surface area contributed by atoms with E-state index in [4.69, 9.17) is 0 Å². The average Bonchev–Trinajstić information content (AvgIpc) is 3.17. The van der Waals surface area contributed by atoms with E-state index in [0.29, 0.717) is 0 Å². The monoisotopic (exact) mass is 434 g/mol. The van der Waals surface area contributed by atoms with Gasteiger partial charge in [-0.1, -0.05) is 72.1 Å². The predicted octanol–water partition coefficient (Wildman–Crippen LogP) is 5.59. The molecule has 0 aromatic heterocycles. The Morgan fingerprint density at radius 1 is 0.750 bits per heavy atom. The Morgan fingerprint density at radius 3 is 1.57 bits per heavy atom. The van der Waals surface area contributed by atoms with Gasteiger partial charge in [-0.3, -0.25) is 0 Å². The lowest BCUT2D eigenvalue weighted by Gasteiger charge is -2.09. The number of rotatable bonds is 2. The fraction of sp³-hybridized carbons (Fsp3) is 0.0909. The Kier molecular flexibility index (Phi) is 5.66. The molecule has 136 valence electrons. The summed E-state index contributed by atoms with van der Waals surface area (Å²) in [5.74, 6) is 0. The maximum atomic E-state index is 9.58. The molecule has 1 heterocycles. The van der Waals surface area contributed by atoms with Crippen molar-refractivity contribution in [3.05, 3.63) is 67.4 Å². The maximum Gasteiger partial charge on any atom is 0.138 e. The van der Waals surface area contributed by atoms with Crippen molar-refractivity contribution in [3.8, 4) is 12.1 Å². The minimum absolute atomic E-state index is 0.156. The quantitative estimate of drug-likeness (QED) is 0.490. The zero-order valence-corrected chi connectivity index (χ0v) is 18.4. The van der Waals surface area contributed by atoms with E-state index in [1.165, 1.54) is 17.9 Å². The van der Waals surface area contributed by atoms with Gasteiger partial charge in [-0.25, -0.2) is 0 Å². The van der Waals surface area contributed by atoms with Crippen LogP contribution in [-0.2, 0) is 0 Å². The highest BCUT2D eigenvalue weighted by atomic mass is 32.3. The number of benzene rings is 3. The summed E-state index contributed by atoms with van der Waals surface area (Å²) < 4.78 is 3.90. The summed E-state index contributed by atoms with van der Waals surface area (Å²) in [6.45, 7) is 0. The molecule has 0 spiro atoms. The second-order valence-electron chi connectivity index (χ2n) is 5.91. The molecule has 6 heteroatoms. The van der Waals surface area contributed by atoms with Crippen LogP contribution in [0.25, 0.3) is 31.4 Å². The zero-order valence-electron chi connectivity index (χ0n) is 15.1. The maximum absolute atomic E-state index is 9.58. The molecule has 3 aromatic rings. The van der Waals surface area contributed by atoms with Crippen molar-refractivity contribution in [2.24, 2.45) is 0 Å². The van der Waals surface area contributed by atoms with Crippen molar-refractivity contribution in [3.63, 3.8) is 0 Å². The van der Waals surface area contributed by atoms with Crippen molar-refractivity contribution >= 4 is 78.4 Å². The first kappa shape index (κ1) is 19.4. The molecule has 0 bridgehead atoms. The largest absolute Gasteiger partial charge is 0.192 e. The van der Waals surface area contributed by atoms with Gasteiger partial charge in [0.05, 0.1) is 12.7 Å². The van der Waals surface area contributed by atoms with Gasteiger partial charge in [-0.2, -0.15) is 10.5 Å². The van der Waals surface area contributed by atoms with Crippen LogP contribution in [0.5, 0.6) is 0 Å². The topological polar surface area (TPSA) is 47.6 Å². The van der Waals surface area contributed by atoms with E-state index in [9.17, 15) is 10.5 Å². The molecule has 4 rings (SSSR count). The third-order valence-corrected chi connectivity index (χ3v) is 9.74. The van der Waals surface area contributed by atoms with Gasteiger partial charge in [0.1, 0.15) is 17.7 Å². The number of hydrogen-bond acceptors (Lipinski definition) is 6. The van der Waals surface area contributed by atoms with Crippen molar-refractivity contribution < 1.29 is 0 Å². The molecule has 0 aliphatic carbocycles. The smallest absolute Gasteiger partial charge is 0.138 e. The summed E-state index contributed by atoms with van der Waals surface area (Å²) in [7, 11) is 0. The first-order chi connectivity index (χ1) is 13.7. The Balaban J connectivity index is 2.28. The fourth-order valence-electron chi connectivity index (χ4n) is 3.38. The molecule has 0 saturated heterocycles. The molecule has 0 unspecified atom stereocenters. The molecule has 0 fully saturated rings. The summed E-state index contributed by atoms with van der Waals surface area (Å²) in [6, 6.07) is 20.4. The molecule has 1 aliphatic heterocycles. The Morgan fingerprint density at radius 2 is 1.18 bits per heavy atom. The highest BCUT2D eigenvalue weighted by molar-refractivity contribution is 8.45. The first-order valence-electron chi connectivity index (χ1n) is 8.39. The number of nitriles is 2. The van der Waals surface area contributed by atoms with E-state index in [-0.39, 0.29) is 5.57 Å². The van der Waals surface area contributed by atoms with Gasteiger partial charge < -0.3 is 0 Å². The van der Waals surface area contributed by atoms with Crippen LogP contribution in [0, 0.1) is 22.7 Å². The van der Waals surface area contributed by atoms with Gasteiger partial charge in [-0.05, 0) is 34.1 Å². The number of nitrogens with zero attached hydrogens (tertiary/aromatic N) is 2. The average molecular weight is 435 g/mol. The Labute approximate surface area is 180 Å². The van der Waals surface area contributed by atoms with Crippen LogP contribution in [0.1, 0.15) is 0 Å². The summed E-state index contributed by atoms with van der Waals surface area (Å²) in [4.78, 5) is 0. The van der Waals surface area contributed by atoms with Gasteiger partial charge in [0.15, 0.2) is 0 Å². The summed E-state index contributed by atoms with van der Waals surface area (Å²) in [5, 5.41) is 25.1. The molecule has 0 N–H and O–H groups in total. The van der Waals surface area contributed by atoms with Crippen LogP contribution in [0.2, 0.25) is 0 Å². The molecule has 0 saturated carbocycles. The summed E-state index contributed by atoms with van der Waals surface area (Å²) >= 11 is 7.19. The Bertz CT molecular complexity index is 1260. The SMILES string of the molecule is CSC1=C(SC)SC(=c2c3ccccc3c(=C(C#N)C#N)c3ccccc23)S1. The predicted molar refractivity (Wildman–Crippen MR) is 128 cm³/mol. The molecular formula is C22H14N2S4. The highest BCUT2D eigenvalue weighted by Crippen LogP contribution is 2.56. The fourth-order valence-corrected chi connectivity index (χ4v) is 8.51. The molecule has 0 amide bonds. The van der Waals surface area contributed by atoms with Crippen molar-refractivity contribution in [2.45, 2.75) is 0 Å². The first-order valence-corrected chi connectivity index (χ1v) is 12.5. The normalized spacial score (nSPS) is 13.8. The molecular weight excluding hydrogens is 421 g/mol. The molecule has 1 aliphatic rings. The van der Waals surface area contributed by atoms with Crippen LogP contribution in [-0.4, -0.2) is 12.5 Å². The van der Waals surface area contributed by atoms with E-state index in [1.54, 1.807) is 23.5 Å². The second kappa shape index (κ2) is 8.19. The Hall–Kier alpha value is -1.96. The molecule has 2 nitrogen and oxygen atoms in total. The minimum Gasteiger partial charge on any atom is -0.192 e. The third-order valence-electron chi connectivity index (χ3n) is 4.52. The van der Waals surface area contributed by atoms with Crippen molar-refractivity contribution in [2.75, 3.05) is 12.5 Å². The highest BCUT2D eigenvalue weighted by Gasteiger charge is 2.22. The van der Waals surface area contributed by atoms with Gasteiger partial charge in [0.25, 0.3) is 0 Å². The summed E-state index contributed by atoms with van der Waals surface area (Å²) in [6.07, 6.45) is 4.23. The van der Waals surface area contributed by atoms with Crippen LogP contribution < -0.4 is 10.4 Å². The van der Waals surface area contributed by atoms with E-state index in [2.05, 4.69) is 36.8 Å². The van der Waals surface area contributed by atoms with E-state index >= 15 is 0 Å². The number of thioether (sulfide) groups is 4. The summed E-state index contributed by atoms with van der Waals surface area (Å²) in [5.41, 5.74) is 0.156.